The van der Waals surface area contributed by atoms with E-state index >= 15 is 0 Å². The van der Waals surface area contributed by atoms with Crippen LogP contribution in [-0.2, 0) is 4.79 Å². The molecule has 104 valence electrons. The molecule has 0 aliphatic carbocycles. The fraction of sp³-hybridized carbons (Fsp3) is 0.188. The standard InChI is InChI=1S/C16H16ClNO2/c1-10-8-11(2)16(14(17)9-10)18-15(19)7-6-13-5-4-12(3)20-13/h4-9H,1-3H3,(H,18,19). The molecule has 2 aromatic rings. The molecule has 2 rings (SSSR count). The van der Waals surface area contributed by atoms with E-state index in [1.54, 1.807) is 6.08 Å². The summed E-state index contributed by atoms with van der Waals surface area (Å²) in [5.41, 5.74) is 2.64. The zero-order chi connectivity index (χ0) is 14.7. The normalized spacial score (nSPS) is 11.0. The first-order chi connectivity index (χ1) is 9.45. The quantitative estimate of drug-likeness (QED) is 0.845. The van der Waals surface area contributed by atoms with Crippen LogP contribution in [0.15, 0.2) is 34.8 Å². The SMILES string of the molecule is Cc1cc(C)c(NC(=O)C=Cc2ccc(C)o2)c(Cl)c1. The van der Waals surface area contributed by atoms with Gasteiger partial charge in [0.1, 0.15) is 11.5 Å². The van der Waals surface area contributed by atoms with Crippen molar-refractivity contribution in [3.05, 3.63) is 58.0 Å². The van der Waals surface area contributed by atoms with Crippen molar-refractivity contribution in [2.45, 2.75) is 20.8 Å². The molecule has 4 heteroatoms. The molecular formula is C16H16ClNO2. The second-order valence-corrected chi connectivity index (χ2v) is 5.12. The number of rotatable bonds is 3. The summed E-state index contributed by atoms with van der Waals surface area (Å²) in [6.07, 6.45) is 3.05. The van der Waals surface area contributed by atoms with E-state index in [2.05, 4.69) is 5.32 Å². The molecule has 1 heterocycles. The van der Waals surface area contributed by atoms with Gasteiger partial charge in [-0.15, -0.1) is 0 Å². The number of halogens is 1. The first-order valence-corrected chi connectivity index (χ1v) is 6.66. The van der Waals surface area contributed by atoms with Gasteiger partial charge in [0.15, 0.2) is 0 Å². The monoisotopic (exact) mass is 289 g/mol. The Morgan fingerprint density at radius 3 is 2.60 bits per heavy atom. The Balaban J connectivity index is 2.10. The minimum atomic E-state index is -0.243. The van der Waals surface area contributed by atoms with E-state index in [0.29, 0.717) is 16.5 Å². The van der Waals surface area contributed by atoms with Crippen LogP contribution < -0.4 is 5.32 Å². The summed E-state index contributed by atoms with van der Waals surface area (Å²) >= 11 is 6.14. The number of hydrogen-bond donors (Lipinski definition) is 1. The van der Waals surface area contributed by atoms with Gasteiger partial charge in [-0.25, -0.2) is 0 Å². The molecule has 0 aliphatic heterocycles. The summed E-state index contributed by atoms with van der Waals surface area (Å²) in [6.45, 7) is 5.73. The molecule has 0 saturated carbocycles. The molecule has 0 radical (unpaired) electrons. The van der Waals surface area contributed by atoms with Crippen molar-refractivity contribution in [2.24, 2.45) is 0 Å². The number of carbonyl (C=O) groups excluding carboxylic acids is 1. The predicted octanol–water partition coefficient (Wildman–Crippen LogP) is 4.51. The summed E-state index contributed by atoms with van der Waals surface area (Å²) in [5.74, 6) is 1.21. The molecule has 0 unspecified atom stereocenters. The van der Waals surface area contributed by atoms with Gasteiger partial charge in [-0.3, -0.25) is 4.79 Å². The topological polar surface area (TPSA) is 42.2 Å². The van der Waals surface area contributed by atoms with Gasteiger partial charge in [-0.05, 0) is 56.2 Å². The van der Waals surface area contributed by atoms with Gasteiger partial charge in [0.25, 0.3) is 0 Å². The molecule has 1 aromatic heterocycles. The van der Waals surface area contributed by atoms with Crippen LogP contribution in [0.3, 0.4) is 0 Å². The molecule has 0 bridgehead atoms. The van der Waals surface area contributed by atoms with E-state index in [1.807, 2.05) is 45.0 Å². The van der Waals surface area contributed by atoms with Crippen molar-refractivity contribution in [1.82, 2.24) is 0 Å². The van der Waals surface area contributed by atoms with Crippen molar-refractivity contribution >= 4 is 29.3 Å². The van der Waals surface area contributed by atoms with Crippen LogP contribution in [0, 0.1) is 20.8 Å². The fourth-order valence-electron chi connectivity index (χ4n) is 1.94. The van der Waals surface area contributed by atoms with Crippen molar-refractivity contribution in [3.63, 3.8) is 0 Å². The van der Waals surface area contributed by atoms with Crippen LogP contribution in [0.2, 0.25) is 5.02 Å². The summed E-state index contributed by atoms with van der Waals surface area (Å²) < 4.78 is 5.35. The predicted molar refractivity (Wildman–Crippen MR) is 82.0 cm³/mol. The van der Waals surface area contributed by atoms with Crippen LogP contribution in [-0.4, -0.2) is 5.91 Å². The molecule has 0 atom stereocenters. The minimum absolute atomic E-state index is 0.243. The van der Waals surface area contributed by atoms with Crippen LogP contribution >= 0.6 is 11.6 Å². The van der Waals surface area contributed by atoms with E-state index in [-0.39, 0.29) is 5.91 Å². The first kappa shape index (κ1) is 14.4. The molecule has 0 saturated heterocycles. The van der Waals surface area contributed by atoms with Crippen molar-refractivity contribution in [1.29, 1.82) is 0 Å². The van der Waals surface area contributed by atoms with E-state index < -0.39 is 0 Å². The largest absolute Gasteiger partial charge is 0.462 e. The second-order valence-electron chi connectivity index (χ2n) is 4.71. The number of carbonyl (C=O) groups is 1. The maximum absolute atomic E-state index is 11.9. The number of amides is 1. The van der Waals surface area contributed by atoms with Gasteiger partial charge in [-0.1, -0.05) is 17.7 Å². The zero-order valence-corrected chi connectivity index (χ0v) is 12.4. The smallest absolute Gasteiger partial charge is 0.248 e. The average Bonchev–Trinajstić information content (AvgIpc) is 2.77. The van der Waals surface area contributed by atoms with Crippen LogP contribution in [0.5, 0.6) is 0 Å². The summed E-state index contributed by atoms with van der Waals surface area (Å²) in [4.78, 5) is 11.9. The Labute approximate surface area is 123 Å². The molecule has 0 fully saturated rings. The highest BCUT2D eigenvalue weighted by Crippen LogP contribution is 2.27. The van der Waals surface area contributed by atoms with Crippen LogP contribution in [0.4, 0.5) is 5.69 Å². The molecule has 0 aliphatic rings. The zero-order valence-electron chi connectivity index (χ0n) is 11.7. The molecule has 1 aromatic carbocycles. The van der Waals surface area contributed by atoms with E-state index in [4.69, 9.17) is 16.0 Å². The van der Waals surface area contributed by atoms with Gasteiger partial charge in [0.05, 0.1) is 10.7 Å². The number of furan rings is 1. The second kappa shape index (κ2) is 5.97. The Kier molecular flexibility index (Phi) is 4.30. The lowest BCUT2D eigenvalue weighted by Crippen LogP contribution is -2.09. The third-order valence-electron chi connectivity index (χ3n) is 2.84. The van der Waals surface area contributed by atoms with Crippen molar-refractivity contribution in [3.8, 4) is 0 Å². The van der Waals surface area contributed by atoms with Crippen LogP contribution in [0.25, 0.3) is 6.08 Å². The highest BCUT2D eigenvalue weighted by atomic mass is 35.5. The van der Waals surface area contributed by atoms with E-state index in [9.17, 15) is 4.79 Å². The number of aryl methyl sites for hydroxylation is 3. The molecule has 20 heavy (non-hydrogen) atoms. The third-order valence-corrected chi connectivity index (χ3v) is 3.14. The van der Waals surface area contributed by atoms with Gasteiger partial charge in [0.2, 0.25) is 5.91 Å². The van der Waals surface area contributed by atoms with Crippen molar-refractivity contribution < 1.29 is 9.21 Å². The number of anilines is 1. The molecular weight excluding hydrogens is 274 g/mol. The van der Waals surface area contributed by atoms with Gasteiger partial charge in [-0.2, -0.15) is 0 Å². The Hall–Kier alpha value is -2.00. The van der Waals surface area contributed by atoms with E-state index in [1.165, 1.54) is 6.08 Å². The average molecular weight is 290 g/mol. The molecule has 0 spiro atoms. The lowest BCUT2D eigenvalue weighted by molar-refractivity contribution is -0.111. The fourth-order valence-corrected chi connectivity index (χ4v) is 2.31. The summed E-state index contributed by atoms with van der Waals surface area (Å²) in [5, 5.41) is 3.32. The molecule has 3 nitrogen and oxygen atoms in total. The number of benzene rings is 1. The highest BCUT2D eigenvalue weighted by molar-refractivity contribution is 6.34. The Morgan fingerprint density at radius 2 is 2.00 bits per heavy atom. The van der Waals surface area contributed by atoms with Gasteiger partial charge < -0.3 is 9.73 Å². The maximum atomic E-state index is 11.9. The first-order valence-electron chi connectivity index (χ1n) is 6.28. The lowest BCUT2D eigenvalue weighted by Gasteiger charge is -2.09. The Morgan fingerprint density at radius 1 is 1.25 bits per heavy atom. The van der Waals surface area contributed by atoms with E-state index in [0.717, 1.165) is 16.9 Å². The van der Waals surface area contributed by atoms with Crippen LogP contribution in [0.1, 0.15) is 22.6 Å². The van der Waals surface area contributed by atoms with Gasteiger partial charge in [0, 0.05) is 6.08 Å². The molecule has 1 N–H and O–H groups in total. The number of hydrogen-bond acceptors (Lipinski definition) is 2. The highest BCUT2D eigenvalue weighted by Gasteiger charge is 2.07. The molecule has 1 amide bonds. The minimum Gasteiger partial charge on any atom is -0.462 e. The summed E-state index contributed by atoms with van der Waals surface area (Å²) in [6, 6.07) is 7.45. The lowest BCUT2D eigenvalue weighted by atomic mass is 10.1. The Bertz CT molecular complexity index is 648. The number of nitrogens with one attached hydrogen (secondary N) is 1. The van der Waals surface area contributed by atoms with Crippen molar-refractivity contribution in [2.75, 3.05) is 5.32 Å². The van der Waals surface area contributed by atoms with Gasteiger partial charge >= 0.3 is 0 Å². The third kappa shape index (κ3) is 3.52. The maximum Gasteiger partial charge on any atom is 0.248 e. The summed E-state index contributed by atoms with van der Waals surface area (Å²) in [7, 11) is 0.